The molecule has 0 bridgehead atoms. The van der Waals surface area contributed by atoms with Crippen LogP contribution in [0.15, 0.2) is 18.2 Å². The molecule has 0 spiro atoms. The molecule has 0 atom stereocenters. The van der Waals surface area contributed by atoms with Crippen molar-refractivity contribution in [1.82, 2.24) is 0 Å². The van der Waals surface area contributed by atoms with Crippen LogP contribution in [-0.4, -0.2) is 23.4 Å². The summed E-state index contributed by atoms with van der Waals surface area (Å²) in [6, 6.07) is 3.80. The van der Waals surface area contributed by atoms with Crippen molar-refractivity contribution in [2.75, 3.05) is 5.32 Å². The normalized spacial score (nSPS) is 10.2. The van der Waals surface area contributed by atoms with E-state index in [-0.39, 0.29) is 11.3 Å². The van der Waals surface area contributed by atoms with E-state index in [1.165, 1.54) is 25.1 Å². The van der Waals surface area contributed by atoms with Gasteiger partial charge in [-0.05, 0) is 30.7 Å². The van der Waals surface area contributed by atoms with Crippen LogP contribution in [0.3, 0.4) is 0 Å². The van der Waals surface area contributed by atoms with E-state index in [0.717, 1.165) is 0 Å². The van der Waals surface area contributed by atoms with E-state index in [9.17, 15) is 18.4 Å². The first kappa shape index (κ1) is 12.1. The van der Waals surface area contributed by atoms with Gasteiger partial charge < -0.3 is 10.4 Å². The van der Waals surface area contributed by atoms with E-state index in [0.29, 0.717) is 5.56 Å². The van der Waals surface area contributed by atoms with E-state index in [2.05, 4.69) is 0 Å². The molecule has 1 rings (SSSR count). The number of carboxylic acid groups (broad SMARTS) is 1. The first-order valence-electron chi connectivity index (χ1n) is 4.34. The SMILES string of the molecule is Cc1cc(C(=O)O)ccc1NC(=O)C(F)F. The molecule has 0 unspecified atom stereocenters. The third kappa shape index (κ3) is 2.75. The number of aromatic carboxylic acids is 1. The molecule has 0 aliphatic rings. The molecule has 1 aromatic carbocycles. The zero-order valence-electron chi connectivity index (χ0n) is 8.33. The van der Waals surface area contributed by atoms with Crippen LogP contribution in [-0.2, 0) is 4.79 Å². The van der Waals surface area contributed by atoms with Gasteiger partial charge in [0.1, 0.15) is 0 Å². The molecule has 6 heteroatoms. The highest BCUT2D eigenvalue weighted by Crippen LogP contribution is 2.17. The standard InChI is InChI=1S/C10H9F2NO3/c1-5-4-6(10(15)16)2-3-7(5)13-9(14)8(11)12/h2-4,8H,1H3,(H,13,14)(H,15,16). The molecule has 1 aromatic rings. The molecule has 0 aliphatic heterocycles. The second-order valence-electron chi connectivity index (χ2n) is 3.12. The topological polar surface area (TPSA) is 66.4 Å². The largest absolute Gasteiger partial charge is 0.478 e. The van der Waals surface area contributed by atoms with Gasteiger partial charge in [-0.3, -0.25) is 4.79 Å². The van der Waals surface area contributed by atoms with Crippen LogP contribution < -0.4 is 5.32 Å². The number of nitrogens with one attached hydrogen (secondary N) is 1. The van der Waals surface area contributed by atoms with E-state index >= 15 is 0 Å². The van der Waals surface area contributed by atoms with E-state index in [1.807, 2.05) is 5.32 Å². The summed E-state index contributed by atoms with van der Waals surface area (Å²) in [5.74, 6) is -2.53. The van der Waals surface area contributed by atoms with Gasteiger partial charge in [0.25, 0.3) is 5.91 Å². The lowest BCUT2D eigenvalue weighted by Gasteiger charge is -2.08. The fourth-order valence-corrected chi connectivity index (χ4v) is 1.12. The lowest BCUT2D eigenvalue weighted by Crippen LogP contribution is -2.20. The number of aryl methyl sites for hydroxylation is 1. The molecule has 0 heterocycles. The molecule has 1 amide bonds. The van der Waals surface area contributed by atoms with Gasteiger partial charge in [-0.25, -0.2) is 4.79 Å². The summed E-state index contributed by atoms with van der Waals surface area (Å²) < 4.78 is 23.9. The van der Waals surface area contributed by atoms with Crippen LogP contribution in [0.4, 0.5) is 14.5 Å². The molecule has 0 fully saturated rings. The molecular formula is C10H9F2NO3. The Kier molecular flexibility index (Phi) is 3.55. The Hall–Kier alpha value is -1.98. The van der Waals surface area contributed by atoms with Crippen molar-refractivity contribution in [2.24, 2.45) is 0 Å². The fraction of sp³-hybridized carbons (Fsp3) is 0.200. The van der Waals surface area contributed by atoms with Crippen molar-refractivity contribution < 1.29 is 23.5 Å². The van der Waals surface area contributed by atoms with Crippen LogP contribution in [0.1, 0.15) is 15.9 Å². The number of benzene rings is 1. The highest BCUT2D eigenvalue weighted by molar-refractivity contribution is 5.95. The Morgan fingerprint density at radius 3 is 2.44 bits per heavy atom. The average molecular weight is 229 g/mol. The molecule has 86 valence electrons. The average Bonchev–Trinajstić information content (AvgIpc) is 2.20. The van der Waals surface area contributed by atoms with Gasteiger partial charge in [-0.1, -0.05) is 0 Å². The number of carbonyl (C=O) groups excluding carboxylic acids is 1. The third-order valence-electron chi connectivity index (χ3n) is 1.93. The van der Waals surface area contributed by atoms with Crippen molar-refractivity contribution in [3.8, 4) is 0 Å². The minimum atomic E-state index is -3.10. The van der Waals surface area contributed by atoms with E-state index in [4.69, 9.17) is 5.11 Å². The maximum absolute atomic E-state index is 11.9. The number of halogens is 2. The Bertz CT molecular complexity index is 432. The highest BCUT2D eigenvalue weighted by Gasteiger charge is 2.16. The van der Waals surface area contributed by atoms with E-state index < -0.39 is 18.3 Å². The molecule has 0 aliphatic carbocycles. The van der Waals surface area contributed by atoms with Crippen molar-refractivity contribution >= 4 is 17.6 Å². The lowest BCUT2D eigenvalue weighted by atomic mass is 10.1. The minimum absolute atomic E-state index is 0.0348. The second kappa shape index (κ2) is 4.69. The lowest BCUT2D eigenvalue weighted by molar-refractivity contribution is -0.126. The van der Waals surface area contributed by atoms with Crippen molar-refractivity contribution in [2.45, 2.75) is 13.3 Å². The summed E-state index contributed by atoms with van der Waals surface area (Å²) in [5.41, 5.74) is 0.622. The predicted octanol–water partition coefficient (Wildman–Crippen LogP) is 1.90. The van der Waals surface area contributed by atoms with E-state index in [1.54, 1.807) is 0 Å². The van der Waals surface area contributed by atoms with Gasteiger partial charge in [-0.2, -0.15) is 8.78 Å². The van der Waals surface area contributed by atoms with Gasteiger partial charge >= 0.3 is 12.4 Å². The fourth-order valence-electron chi connectivity index (χ4n) is 1.12. The van der Waals surface area contributed by atoms with Crippen molar-refractivity contribution in [3.63, 3.8) is 0 Å². The first-order chi connectivity index (χ1) is 7.41. The molecule has 0 aromatic heterocycles. The first-order valence-corrected chi connectivity index (χ1v) is 4.34. The number of amides is 1. The molecule has 0 radical (unpaired) electrons. The maximum Gasteiger partial charge on any atom is 0.335 e. The summed E-state index contributed by atoms with van der Waals surface area (Å²) in [6.07, 6.45) is -3.10. The van der Waals surface area contributed by atoms with Crippen LogP contribution in [0, 0.1) is 6.92 Å². The van der Waals surface area contributed by atoms with Crippen LogP contribution >= 0.6 is 0 Å². The summed E-state index contributed by atoms with van der Waals surface area (Å²) in [7, 11) is 0. The van der Waals surface area contributed by atoms with Gasteiger partial charge in [0.2, 0.25) is 0 Å². The third-order valence-corrected chi connectivity index (χ3v) is 1.93. The van der Waals surface area contributed by atoms with Gasteiger partial charge in [-0.15, -0.1) is 0 Å². The highest BCUT2D eigenvalue weighted by atomic mass is 19.3. The Balaban J connectivity index is 2.91. The number of hydrogen-bond acceptors (Lipinski definition) is 2. The number of alkyl halides is 2. The summed E-state index contributed by atoms with van der Waals surface area (Å²) in [6.45, 7) is 1.52. The summed E-state index contributed by atoms with van der Waals surface area (Å²) in [5, 5.41) is 10.7. The van der Waals surface area contributed by atoms with Crippen molar-refractivity contribution in [3.05, 3.63) is 29.3 Å². The molecule has 0 saturated carbocycles. The Labute approximate surface area is 89.9 Å². The Morgan fingerprint density at radius 2 is 2.00 bits per heavy atom. The van der Waals surface area contributed by atoms with Crippen LogP contribution in [0.2, 0.25) is 0 Å². The second-order valence-corrected chi connectivity index (χ2v) is 3.12. The minimum Gasteiger partial charge on any atom is -0.478 e. The van der Waals surface area contributed by atoms with Crippen molar-refractivity contribution in [1.29, 1.82) is 0 Å². The summed E-state index contributed by atoms with van der Waals surface area (Å²) in [4.78, 5) is 21.3. The van der Waals surface area contributed by atoms with Gasteiger partial charge in [0.15, 0.2) is 0 Å². The zero-order valence-corrected chi connectivity index (χ0v) is 8.33. The number of carbonyl (C=O) groups is 2. The smallest absolute Gasteiger partial charge is 0.335 e. The number of anilines is 1. The number of carboxylic acids is 1. The maximum atomic E-state index is 11.9. The predicted molar refractivity (Wildman–Crippen MR) is 52.8 cm³/mol. The monoisotopic (exact) mass is 229 g/mol. The summed E-state index contributed by atoms with van der Waals surface area (Å²) >= 11 is 0. The molecular weight excluding hydrogens is 220 g/mol. The van der Waals surface area contributed by atoms with Crippen LogP contribution in [0.5, 0.6) is 0 Å². The molecule has 0 saturated heterocycles. The zero-order chi connectivity index (χ0) is 12.3. The molecule has 16 heavy (non-hydrogen) atoms. The van der Waals surface area contributed by atoms with Gasteiger partial charge in [0.05, 0.1) is 5.56 Å². The van der Waals surface area contributed by atoms with Crippen LogP contribution in [0.25, 0.3) is 0 Å². The number of rotatable bonds is 3. The molecule has 4 nitrogen and oxygen atoms in total. The molecule has 2 N–H and O–H groups in total. The van der Waals surface area contributed by atoms with Gasteiger partial charge in [0, 0.05) is 5.69 Å². The Morgan fingerprint density at radius 1 is 1.38 bits per heavy atom. The quantitative estimate of drug-likeness (QED) is 0.831. The number of hydrogen-bond donors (Lipinski definition) is 2.